The minimum absolute atomic E-state index is 0.260. The Morgan fingerprint density at radius 1 is 1.50 bits per heavy atom. The molecule has 0 aliphatic carbocycles. The van der Waals surface area contributed by atoms with E-state index in [1.807, 2.05) is 25.1 Å². The van der Waals surface area contributed by atoms with Crippen LogP contribution in [0, 0.1) is 18.3 Å². The summed E-state index contributed by atoms with van der Waals surface area (Å²) in [5, 5.41) is 17.4. The van der Waals surface area contributed by atoms with Crippen molar-refractivity contribution >= 4 is 11.6 Å². The maximum absolute atomic E-state index is 8.98. The lowest BCUT2D eigenvalue weighted by Gasteiger charge is -2.09. The van der Waals surface area contributed by atoms with E-state index < -0.39 is 0 Å². The van der Waals surface area contributed by atoms with Crippen LogP contribution in [-0.4, -0.2) is 22.1 Å². The first-order valence-corrected chi connectivity index (χ1v) is 5.66. The Morgan fingerprint density at radius 3 is 2.94 bits per heavy atom. The number of rotatable bonds is 3. The molecule has 6 heteroatoms. The lowest BCUT2D eigenvalue weighted by Crippen LogP contribution is -2.06. The van der Waals surface area contributed by atoms with Gasteiger partial charge in [-0.25, -0.2) is 4.68 Å². The molecule has 5 nitrogen and oxygen atoms in total. The van der Waals surface area contributed by atoms with Gasteiger partial charge in [0.15, 0.2) is 5.69 Å². The highest BCUT2D eigenvalue weighted by atomic mass is 35.5. The molecule has 1 aromatic heterocycles. The number of halogens is 1. The molecule has 0 bridgehead atoms. The van der Waals surface area contributed by atoms with Crippen molar-refractivity contribution in [1.82, 2.24) is 15.0 Å². The number of benzene rings is 1. The number of hydrogen-bond acceptors (Lipinski definition) is 4. The van der Waals surface area contributed by atoms with Crippen LogP contribution >= 0.6 is 11.6 Å². The fourth-order valence-electron chi connectivity index (χ4n) is 1.67. The van der Waals surface area contributed by atoms with E-state index in [0.29, 0.717) is 10.7 Å². The van der Waals surface area contributed by atoms with Crippen LogP contribution in [0.5, 0.6) is 0 Å². The lowest BCUT2D eigenvalue weighted by molar-refractivity contribution is 0.179. The van der Waals surface area contributed by atoms with Gasteiger partial charge in [-0.15, -0.1) is 5.10 Å². The number of nitrogens with zero attached hydrogens (tertiary/aromatic N) is 4. The van der Waals surface area contributed by atoms with Crippen LogP contribution in [0.15, 0.2) is 18.2 Å². The lowest BCUT2D eigenvalue weighted by atomic mass is 10.2. The summed E-state index contributed by atoms with van der Waals surface area (Å²) in [5.74, 6) is 0. The first kappa shape index (κ1) is 12.6. The normalized spacial score (nSPS) is 10.3. The molecule has 0 unspecified atom stereocenters. The Labute approximate surface area is 110 Å². The third kappa shape index (κ3) is 2.08. The quantitative estimate of drug-likeness (QED) is 0.851. The van der Waals surface area contributed by atoms with Crippen molar-refractivity contribution in [2.45, 2.75) is 13.5 Å². The van der Waals surface area contributed by atoms with E-state index in [9.17, 15) is 0 Å². The summed E-state index contributed by atoms with van der Waals surface area (Å²) < 4.78 is 6.66. The third-order valence-electron chi connectivity index (χ3n) is 2.62. The van der Waals surface area contributed by atoms with Crippen LogP contribution in [0.25, 0.3) is 5.69 Å². The van der Waals surface area contributed by atoms with Crippen LogP contribution in [-0.2, 0) is 11.3 Å². The Morgan fingerprint density at radius 2 is 2.28 bits per heavy atom. The van der Waals surface area contributed by atoms with Gasteiger partial charge in [-0.05, 0) is 24.6 Å². The summed E-state index contributed by atoms with van der Waals surface area (Å²) in [4.78, 5) is 0. The highest BCUT2D eigenvalue weighted by molar-refractivity contribution is 6.31. The fraction of sp³-hybridized carbons (Fsp3) is 0.250. The van der Waals surface area contributed by atoms with Crippen molar-refractivity contribution in [1.29, 1.82) is 5.26 Å². The number of methoxy groups -OCH3 is 1. The van der Waals surface area contributed by atoms with E-state index in [-0.39, 0.29) is 12.3 Å². The van der Waals surface area contributed by atoms with Crippen LogP contribution < -0.4 is 0 Å². The van der Waals surface area contributed by atoms with Gasteiger partial charge in [-0.1, -0.05) is 22.9 Å². The average Bonchev–Trinajstić information content (AvgIpc) is 2.76. The van der Waals surface area contributed by atoms with Gasteiger partial charge in [0, 0.05) is 12.1 Å². The predicted molar refractivity (Wildman–Crippen MR) is 66.5 cm³/mol. The summed E-state index contributed by atoms with van der Waals surface area (Å²) in [7, 11) is 1.56. The molecule has 0 spiro atoms. The van der Waals surface area contributed by atoms with Gasteiger partial charge in [0.05, 0.1) is 12.3 Å². The molecule has 1 heterocycles. The largest absolute Gasteiger partial charge is 0.378 e. The van der Waals surface area contributed by atoms with Gasteiger partial charge in [0.25, 0.3) is 0 Å². The number of ether oxygens (including phenoxy) is 1. The summed E-state index contributed by atoms with van der Waals surface area (Å²) in [6.07, 6.45) is 0. The standard InChI is InChI=1S/C12H11ClN4O/c1-8-9(13)4-3-5-11(8)17-12(7-18-2)10(6-14)15-16-17/h3-5H,7H2,1-2H3. The highest BCUT2D eigenvalue weighted by Crippen LogP contribution is 2.23. The smallest absolute Gasteiger partial charge is 0.188 e. The van der Waals surface area contributed by atoms with Crippen LogP contribution in [0.1, 0.15) is 17.0 Å². The zero-order valence-electron chi connectivity index (χ0n) is 10.0. The van der Waals surface area contributed by atoms with Crippen molar-refractivity contribution < 1.29 is 4.74 Å². The highest BCUT2D eigenvalue weighted by Gasteiger charge is 2.15. The van der Waals surface area contributed by atoms with E-state index in [2.05, 4.69) is 10.3 Å². The minimum atomic E-state index is 0.260. The van der Waals surface area contributed by atoms with E-state index in [1.54, 1.807) is 17.9 Å². The summed E-state index contributed by atoms with van der Waals surface area (Å²) in [6.45, 7) is 2.16. The van der Waals surface area contributed by atoms with Crippen LogP contribution in [0.3, 0.4) is 0 Å². The van der Waals surface area contributed by atoms with Crippen molar-refractivity contribution in [2.24, 2.45) is 0 Å². The van der Waals surface area contributed by atoms with Gasteiger partial charge in [-0.2, -0.15) is 5.26 Å². The minimum Gasteiger partial charge on any atom is -0.378 e. The van der Waals surface area contributed by atoms with Gasteiger partial charge < -0.3 is 4.74 Å². The molecule has 0 fully saturated rings. The maximum atomic E-state index is 8.98. The van der Waals surface area contributed by atoms with Crippen molar-refractivity contribution in [2.75, 3.05) is 7.11 Å². The summed E-state index contributed by atoms with van der Waals surface area (Å²) in [5.41, 5.74) is 2.55. The van der Waals surface area contributed by atoms with Gasteiger partial charge in [-0.3, -0.25) is 0 Å². The molecular formula is C12H11ClN4O. The van der Waals surface area contributed by atoms with Crippen LogP contribution in [0.2, 0.25) is 5.02 Å². The third-order valence-corrected chi connectivity index (χ3v) is 3.03. The van der Waals surface area contributed by atoms with Crippen molar-refractivity contribution in [3.8, 4) is 11.8 Å². The molecule has 0 radical (unpaired) electrons. The Kier molecular flexibility index (Phi) is 3.60. The van der Waals surface area contributed by atoms with Gasteiger partial charge in [0.2, 0.25) is 0 Å². The number of aromatic nitrogens is 3. The van der Waals surface area contributed by atoms with Crippen LogP contribution in [0.4, 0.5) is 0 Å². The SMILES string of the molecule is COCc1c(C#N)nnn1-c1cccc(Cl)c1C. The second kappa shape index (κ2) is 5.17. The average molecular weight is 263 g/mol. The molecular weight excluding hydrogens is 252 g/mol. The molecule has 92 valence electrons. The topological polar surface area (TPSA) is 63.7 Å². The molecule has 18 heavy (non-hydrogen) atoms. The van der Waals surface area contributed by atoms with Crippen molar-refractivity contribution in [3.63, 3.8) is 0 Å². The molecule has 0 aliphatic heterocycles. The van der Waals surface area contributed by atoms with Gasteiger partial charge >= 0.3 is 0 Å². The Balaban J connectivity index is 2.61. The zero-order chi connectivity index (χ0) is 13.1. The predicted octanol–water partition coefficient (Wildman–Crippen LogP) is 2.25. The fourth-order valence-corrected chi connectivity index (χ4v) is 1.84. The molecule has 0 amide bonds. The van der Waals surface area contributed by atoms with E-state index in [0.717, 1.165) is 11.3 Å². The zero-order valence-corrected chi connectivity index (χ0v) is 10.8. The van der Waals surface area contributed by atoms with E-state index in [1.165, 1.54) is 0 Å². The van der Waals surface area contributed by atoms with E-state index >= 15 is 0 Å². The molecule has 1 aromatic carbocycles. The molecule has 0 atom stereocenters. The molecule has 0 aliphatic rings. The number of nitriles is 1. The first-order valence-electron chi connectivity index (χ1n) is 5.28. The summed E-state index contributed by atoms with van der Waals surface area (Å²) in [6, 6.07) is 7.50. The molecule has 2 aromatic rings. The Bertz CT molecular complexity index is 615. The second-order valence-corrected chi connectivity index (χ2v) is 4.13. The summed E-state index contributed by atoms with van der Waals surface area (Å²) >= 11 is 6.08. The maximum Gasteiger partial charge on any atom is 0.188 e. The molecule has 0 saturated carbocycles. The number of hydrogen-bond donors (Lipinski definition) is 0. The first-order chi connectivity index (χ1) is 8.69. The second-order valence-electron chi connectivity index (χ2n) is 3.73. The Hall–Kier alpha value is -1.90. The van der Waals surface area contributed by atoms with Crippen molar-refractivity contribution in [3.05, 3.63) is 40.2 Å². The monoisotopic (exact) mass is 262 g/mol. The van der Waals surface area contributed by atoms with Gasteiger partial charge in [0.1, 0.15) is 11.8 Å². The molecule has 0 N–H and O–H groups in total. The molecule has 0 saturated heterocycles. The van der Waals surface area contributed by atoms with E-state index in [4.69, 9.17) is 21.6 Å². The molecule has 2 rings (SSSR count).